The van der Waals surface area contributed by atoms with Crippen LogP contribution in [-0.2, 0) is 6.54 Å². The summed E-state index contributed by atoms with van der Waals surface area (Å²) in [5.41, 5.74) is 0.485. The maximum atomic E-state index is 12.1. The van der Waals surface area contributed by atoms with Crippen LogP contribution in [0.3, 0.4) is 0 Å². The Bertz CT molecular complexity index is 660. The van der Waals surface area contributed by atoms with Gasteiger partial charge in [-0.1, -0.05) is 0 Å². The van der Waals surface area contributed by atoms with Crippen LogP contribution < -0.4 is 10.6 Å². The van der Waals surface area contributed by atoms with Gasteiger partial charge in [0.2, 0.25) is 0 Å². The van der Waals surface area contributed by atoms with Crippen LogP contribution in [-0.4, -0.2) is 27.8 Å². The van der Waals surface area contributed by atoms with E-state index in [1.807, 2.05) is 0 Å². The van der Waals surface area contributed by atoms with Crippen LogP contribution in [0.1, 0.15) is 15.9 Å². The van der Waals surface area contributed by atoms with Crippen molar-refractivity contribution in [1.82, 2.24) is 15.3 Å². The minimum absolute atomic E-state index is 0.0339. The summed E-state index contributed by atoms with van der Waals surface area (Å²) in [6.45, 7) is 0.260. The number of aromatic nitrogens is 2. The van der Waals surface area contributed by atoms with Crippen LogP contribution in [0.15, 0.2) is 36.8 Å². The van der Waals surface area contributed by atoms with Gasteiger partial charge in [0.05, 0.1) is 4.92 Å². The molecule has 8 nitrogen and oxygen atoms in total. The van der Waals surface area contributed by atoms with Crippen molar-refractivity contribution in [3.8, 4) is 0 Å². The van der Waals surface area contributed by atoms with E-state index in [2.05, 4.69) is 20.6 Å². The second kappa shape index (κ2) is 6.42. The summed E-state index contributed by atoms with van der Waals surface area (Å²) >= 11 is 0. The van der Waals surface area contributed by atoms with E-state index in [0.717, 1.165) is 11.8 Å². The molecule has 2 rings (SSSR count). The van der Waals surface area contributed by atoms with Gasteiger partial charge in [-0.3, -0.25) is 19.9 Å². The number of amides is 1. The lowest BCUT2D eigenvalue weighted by atomic mass is 10.2. The van der Waals surface area contributed by atoms with Crippen LogP contribution in [0, 0.1) is 10.1 Å². The monoisotopic (exact) mass is 287 g/mol. The zero-order valence-electron chi connectivity index (χ0n) is 11.2. The molecule has 0 aliphatic carbocycles. The summed E-state index contributed by atoms with van der Waals surface area (Å²) in [5.74, 6) is -0.146. The highest BCUT2D eigenvalue weighted by atomic mass is 16.6. The van der Waals surface area contributed by atoms with Gasteiger partial charge in [0.15, 0.2) is 0 Å². The Kier molecular flexibility index (Phi) is 4.39. The average molecular weight is 287 g/mol. The van der Waals surface area contributed by atoms with Gasteiger partial charge >= 0.3 is 0 Å². The van der Waals surface area contributed by atoms with Gasteiger partial charge in [-0.05, 0) is 17.7 Å². The Balaban J connectivity index is 2.19. The molecule has 21 heavy (non-hydrogen) atoms. The number of nitrogens with one attached hydrogen (secondary N) is 2. The van der Waals surface area contributed by atoms with Crippen molar-refractivity contribution in [2.75, 3.05) is 12.4 Å². The number of carbonyl (C=O) groups excluding carboxylic acids is 1. The Morgan fingerprint density at radius 2 is 2.10 bits per heavy atom. The lowest BCUT2D eigenvalue weighted by Gasteiger charge is -2.07. The number of anilines is 1. The van der Waals surface area contributed by atoms with E-state index in [0.29, 0.717) is 5.82 Å². The standard InChI is InChI=1S/C13H13N5O3/c1-14-12-6-10(11(8-16-12)18(20)21)13(19)17-7-9-2-4-15-5-3-9/h2-6,8H,7H2,1H3,(H,14,16)(H,17,19). The molecule has 2 heterocycles. The fourth-order valence-corrected chi connectivity index (χ4v) is 1.69. The molecule has 0 radical (unpaired) electrons. The van der Waals surface area contributed by atoms with Gasteiger partial charge in [-0.15, -0.1) is 0 Å². The van der Waals surface area contributed by atoms with Crippen molar-refractivity contribution in [1.29, 1.82) is 0 Å². The molecule has 0 saturated heterocycles. The maximum absolute atomic E-state index is 12.1. The molecule has 0 bridgehead atoms. The first-order valence-corrected chi connectivity index (χ1v) is 6.11. The Morgan fingerprint density at radius 1 is 1.38 bits per heavy atom. The molecule has 0 spiro atoms. The first-order chi connectivity index (χ1) is 10.1. The quantitative estimate of drug-likeness (QED) is 0.634. The highest BCUT2D eigenvalue weighted by Crippen LogP contribution is 2.20. The van der Waals surface area contributed by atoms with Gasteiger partial charge in [0.25, 0.3) is 11.6 Å². The molecule has 2 aromatic rings. The number of carbonyl (C=O) groups is 1. The van der Waals surface area contributed by atoms with Gasteiger partial charge in [0.1, 0.15) is 17.6 Å². The van der Waals surface area contributed by atoms with E-state index >= 15 is 0 Å². The van der Waals surface area contributed by atoms with Gasteiger partial charge < -0.3 is 10.6 Å². The fourth-order valence-electron chi connectivity index (χ4n) is 1.69. The Hall–Kier alpha value is -3.03. The summed E-state index contributed by atoms with van der Waals surface area (Å²) < 4.78 is 0. The van der Waals surface area contributed by atoms with Gasteiger partial charge in [0, 0.05) is 32.1 Å². The third-order valence-electron chi connectivity index (χ3n) is 2.78. The molecule has 0 aromatic carbocycles. The average Bonchev–Trinajstić information content (AvgIpc) is 2.52. The second-order valence-corrected chi connectivity index (χ2v) is 4.13. The van der Waals surface area contributed by atoms with E-state index in [1.54, 1.807) is 31.6 Å². The SMILES string of the molecule is CNc1cc(C(=O)NCc2ccncc2)c([N+](=O)[O-])cn1. The minimum atomic E-state index is -0.631. The van der Waals surface area contributed by atoms with Gasteiger partial charge in [-0.2, -0.15) is 0 Å². The molecule has 0 fully saturated rings. The van der Waals surface area contributed by atoms with Crippen molar-refractivity contribution < 1.29 is 9.72 Å². The first-order valence-electron chi connectivity index (χ1n) is 6.11. The first kappa shape index (κ1) is 14.4. The Morgan fingerprint density at radius 3 is 2.71 bits per heavy atom. The summed E-state index contributed by atoms with van der Waals surface area (Å²) in [7, 11) is 1.62. The largest absolute Gasteiger partial charge is 0.373 e. The highest BCUT2D eigenvalue weighted by molar-refractivity contribution is 5.98. The molecule has 1 amide bonds. The summed E-state index contributed by atoms with van der Waals surface area (Å²) in [5, 5.41) is 16.3. The second-order valence-electron chi connectivity index (χ2n) is 4.13. The molecule has 0 aliphatic rings. The minimum Gasteiger partial charge on any atom is -0.373 e. The van der Waals surface area contributed by atoms with Crippen LogP contribution in [0.25, 0.3) is 0 Å². The summed E-state index contributed by atoms with van der Waals surface area (Å²) in [4.78, 5) is 30.2. The number of hydrogen-bond acceptors (Lipinski definition) is 6. The number of pyridine rings is 2. The zero-order chi connectivity index (χ0) is 15.2. The van der Waals surface area contributed by atoms with E-state index < -0.39 is 10.8 Å². The maximum Gasteiger partial charge on any atom is 0.300 e. The van der Waals surface area contributed by atoms with E-state index in [-0.39, 0.29) is 17.8 Å². The molecule has 0 saturated carbocycles. The molecule has 8 heteroatoms. The summed E-state index contributed by atoms with van der Waals surface area (Å²) in [6, 6.07) is 4.85. The third-order valence-corrected chi connectivity index (χ3v) is 2.78. The van der Waals surface area contributed by atoms with Crippen LogP contribution >= 0.6 is 0 Å². The number of rotatable bonds is 5. The van der Waals surface area contributed by atoms with Crippen molar-refractivity contribution in [3.63, 3.8) is 0 Å². The number of hydrogen-bond donors (Lipinski definition) is 2. The molecule has 0 unspecified atom stereocenters. The number of nitro groups is 1. The lowest BCUT2D eigenvalue weighted by Crippen LogP contribution is -2.24. The van der Waals surface area contributed by atoms with E-state index in [9.17, 15) is 14.9 Å². The van der Waals surface area contributed by atoms with Crippen molar-refractivity contribution in [2.45, 2.75) is 6.54 Å². The smallest absolute Gasteiger partial charge is 0.300 e. The van der Waals surface area contributed by atoms with Gasteiger partial charge in [-0.25, -0.2) is 4.98 Å². The lowest BCUT2D eigenvalue weighted by molar-refractivity contribution is -0.385. The number of nitrogens with zero attached hydrogens (tertiary/aromatic N) is 3. The molecular formula is C13H13N5O3. The molecule has 2 N–H and O–H groups in total. The van der Waals surface area contributed by atoms with Crippen molar-refractivity contribution in [3.05, 3.63) is 58.0 Å². The molecule has 0 atom stereocenters. The fraction of sp³-hybridized carbons (Fsp3) is 0.154. The van der Waals surface area contributed by atoms with Crippen LogP contribution in [0.2, 0.25) is 0 Å². The van der Waals surface area contributed by atoms with Crippen molar-refractivity contribution in [2.24, 2.45) is 0 Å². The molecular weight excluding hydrogens is 274 g/mol. The van der Waals surface area contributed by atoms with Crippen LogP contribution in [0.4, 0.5) is 11.5 Å². The zero-order valence-corrected chi connectivity index (χ0v) is 11.2. The molecule has 108 valence electrons. The highest BCUT2D eigenvalue weighted by Gasteiger charge is 2.21. The van der Waals surface area contributed by atoms with E-state index in [4.69, 9.17) is 0 Å². The topological polar surface area (TPSA) is 110 Å². The van der Waals surface area contributed by atoms with Crippen molar-refractivity contribution >= 4 is 17.4 Å². The normalized spacial score (nSPS) is 9.95. The third kappa shape index (κ3) is 3.50. The Labute approximate surface area is 120 Å². The predicted molar refractivity (Wildman–Crippen MR) is 75.8 cm³/mol. The van der Waals surface area contributed by atoms with Crippen LogP contribution in [0.5, 0.6) is 0 Å². The summed E-state index contributed by atoms with van der Waals surface area (Å²) in [6.07, 6.45) is 4.28. The molecule has 2 aromatic heterocycles. The predicted octanol–water partition coefficient (Wildman–Crippen LogP) is 1.36. The van der Waals surface area contributed by atoms with E-state index in [1.165, 1.54) is 6.07 Å². The molecule has 0 aliphatic heterocycles.